The minimum absolute atomic E-state index is 0.0415. The van der Waals surface area contributed by atoms with Gasteiger partial charge in [-0.3, -0.25) is 0 Å². The third-order valence-electron chi connectivity index (χ3n) is 3.56. The Labute approximate surface area is 149 Å². The largest absolute Gasteiger partial charge is 0.454 e. The topological polar surface area (TPSA) is 132 Å². The summed E-state index contributed by atoms with van der Waals surface area (Å²) in [7, 11) is -3.77. The number of hydrogen-bond acceptors (Lipinski definition) is 6. The summed E-state index contributed by atoms with van der Waals surface area (Å²) in [4.78, 5) is 11.9. The lowest BCUT2D eigenvalue weighted by molar-refractivity contribution is 0.174. The maximum absolute atomic E-state index is 11.9. The van der Waals surface area contributed by atoms with E-state index < -0.39 is 16.1 Å². The third kappa shape index (κ3) is 4.10. The molecule has 3 rings (SSSR count). The van der Waals surface area contributed by atoms with Crippen molar-refractivity contribution in [1.82, 2.24) is 5.43 Å². The van der Waals surface area contributed by atoms with E-state index in [1.807, 2.05) is 0 Å². The molecular weight excluding hydrogens is 360 g/mol. The first-order valence-electron chi connectivity index (χ1n) is 7.47. The van der Waals surface area contributed by atoms with E-state index in [-0.39, 0.29) is 11.7 Å². The standard InChI is InChI=1S/C16H16N4O5S/c1-10(11-2-7-14-15(8-11)25-9-24-14)19-20-16(21)18-12-3-5-13(6-4-12)26(17,22)23/h2-8H,9H2,1H3,(H2,17,22,23)(H2,18,20,21)/b19-10+. The molecule has 0 aromatic heterocycles. The number of benzene rings is 2. The van der Waals surface area contributed by atoms with Gasteiger partial charge in [0, 0.05) is 11.3 Å². The Morgan fingerprint density at radius 2 is 1.81 bits per heavy atom. The molecule has 10 heteroatoms. The first-order valence-corrected chi connectivity index (χ1v) is 9.02. The molecule has 26 heavy (non-hydrogen) atoms. The quantitative estimate of drug-likeness (QED) is 0.551. The fourth-order valence-corrected chi connectivity index (χ4v) is 2.72. The second-order valence-corrected chi connectivity index (χ2v) is 6.96. The number of hydrazone groups is 1. The number of carbonyl (C=O) groups excluding carboxylic acids is 1. The Morgan fingerprint density at radius 1 is 1.12 bits per heavy atom. The van der Waals surface area contributed by atoms with Crippen LogP contribution in [0.1, 0.15) is 12.5 Å². The number of amides is 2. The fraction of sp³-hybridized carbons (Fsp3) is 0.125. The molecule has 2 aromatic rings. The summed E-state index contributed by atoms with van der Waals surface area (Å²) in [6.07, 6.45) is 0. The molecule has 1 heterocycles. The van der Waals surface area contributed by atoms with Crippen LogP contribution in [0.3, 0.4) is 0 Å². The normalized spacial score (nSPS) is 13.4. The number of ether oxygens (including phenoxy) is 2. The van der Waals surface area contributed by atoms with Gasteiger partial charge in [0.2, 0.25) is 16.8 Å². The van der Waals surface area contributed by atoms with Gasteiger partial charge in [0.25, 0.3) is 0 Å². The summed E-state index contributed by atoms with van der Waals surface area (Å²) >= 11 is 0. The summed E-state index contributed by atoms with van der Waals surface area (Å²) in [6, 6.07) is 10.2. The molecule has 2 amide bonds. The number of urea groups is 1. The van der Waals surface area contributed by atoms with Crippen molar-refractivity contribution in [1.29, 1.82) is 0 Å². The van der Waals surface area contributed by atoms with Crippen LogP contribution < -0.4 is 25.4 Å². The lowest BCUT2D eigenvalue weighted by atomic mass is 10.1. The number of primary sulfonamides is 1. The Hall–Kier alpha value is -3.11. The van der Waals surface area contributed by atoms with E-state index in [2.05, 4.69) is 15.8 Å². The van der Waals surface area contributed by atoms with Gasteiger partial charge in [0.1, 0.15) is 0 Å². The highest BCUT2D eigenvalue weighted by atomic mass is 32.2. The number of rotatable bonds is 4. The molecule has 9 nitrogen and oxygen atoms in total. The van der Waals surface area contributed by atoms with Crippen LogP contribution in [0.5, 0.6) is 11.5 Å². The van der Waals surface area contributed by atoms with Crippen LogP contribution in [-0.4, -0.2) is 27.0 Å². The molecule has 0 unspecified atom stereocenters. The van der Waals surface area contributed by atoms with Gasteiger partial charge >= 0.3 is 6.03 Å². The molecule has 0 fully saturated rings. The Balaban J connectivity index is 1.62. The molecule has 4 N–H and O–H groups in total. The molecule has 0 atom stereocenters. The second kappa shape index (κ2) is 7.02. The average molecular weight is 376 g/mol. The van der Waals surface area contributed by atoms with Crippen LogP contribution in [0.15, 0.2) is 52.5 Å². The molecule has 2 aromatic carbocycles. The van der Waals surface area contributed by atoms with Gasteiger partial charge in [-0.2, -0.15) is 5.10 Å². The number of nitrogens with one attached hydrogen (secondary N) is 2. The summed E-state index contributed by atoms with van der Waals surface area (Å²) in [6.45, 7) is 1.92. The van der Waals surface area contributed by atoms with Gasteiger partial charge < -0.3 is 14.8 Å². The number of anilines is 1. The van der Waals surface area contributed by atoms with Gasteiger partial charge in [-0.1, -0.05) is 0 Å². The van der Waals surface area contributed by atoms with Crippen molar-refractivity contribution in [3.8, 4) is 11.5 Å². The zero-order valence-electron chi connectivity index (χ0n) is 13.7. The van der Waals surface area contributed by atoms with Crippen molar-refractivity contribution >= 4 is 27.5 Å². The van der Waals surface area contributed by atoms with Crippen molar-refractivity contribution < 1.29 is 22.7 Å². The Morgan fingerprint density at radius 3 is 2.50 bits per heavy atom. The molecule has 1 aliphatic rings. The summed E-state index contributed by atoms with van der Waals surface area (Å²) in [5.74, 6) is 1.28. The summed E-state index contributed by atoms with van der Waals surface area (Å²) in [5.41, 5.74) is 4.10. The first kappa shape index (κ1) is 17.7. The molecule has 0 spiro atoms. The van der Waals surface area contributed by atoms with Crippen LogP contribution in [0, 0.1) is 0 Å². The smallest absolute Gasteiger partial charge is 0.339 e. The summed E-state index contributed by atoms with van der Waals surface area (Å²) < 4.78 is 32.9. The second-order valence-electron chi connectivity index (χ2n) is 5.40. The number of carbonyl (C=O) groups is 1. The number of nitrogens with two attached hydrogens (primary N) is 1. The van der Waals surface area contributed by atoms with Gasteiger partial charge in [-0.15, -0.1) is 0 Å². The molecule has 0 bridgehead atoms. The Kier molecular flexibility index (Phi) is 4.78. The van der Waals surface area contributed by atoms with E-state index in [0.717, 1.165) is 5.56 Å². The molecule has 1 aliphatic heterocycles. The van der Waals surface area contributed by atoms with E-state index >= 15 is 0 Å². The van der Waals surface area contributed by atoms with Crippen molar-refractivity contribution in [2.24, 2.45) is 10.2 Å². The van der Waals surface area contributed by atoms with E-state index in [1.165, 1.54) is 24.3 Å². The third-order valence-corrected chi connectivity index (χ3v) is 4.49. The predicted octanol–water partition coefficient (Wildman–Crippen LogP) is 1.61. The van der Waals surface area contributed by atoms with Crippen LogP contribution in [0.25, 0.3) is 0 Å². The fourth-order valence-electron chi connectivity index (χ4n) is 2.21. The minimum Gasteiger partial charge on any atom is -0.454 e. The molecule has 0 aliphatic carbocycles. The monoisotopic (exact) mass is 376 g/mol. The Bertz CT molecular complexity index is 971. The van der Waals surface area contributed by atoms with Gasteiger partial charge in [0.05, 0.1) is 10.6 Å². The lowest BCUT2D eigenvalue weighted by Gasteiger charge is -2.07. The van der Waals surface area contributed by atoms with Crippen LogP contribution in [-0.2, 0) is 10.0 Å². The molecule has 0 radical (unpaired) electrons. The zero-order chi connectivity index (χ0) is 18.7. The van der Waals surface area contributed by atoms with E-state index in [0.29, 0.717) is 22.9 Å². The highest BCUT2D eigenvalue weighted by Crippen LogP contribution is 2.32. The zero-order valence-corrected chi connectivity index (χ0v) is 14.5. The highest BCUT2D eigenvalue weighted by Gasteiger charge is 2.14. The number of fused-ring (bicyclic) bond motifs is 1. The van der Waals surface area contributed by atoms with Crippen LogP contribution in [0.4, 0.5) is 10.5 Å². The van der Waals surface area contributed by atoms with Crippen molar-refractivity contribution in [3.05, 3.63) is 48.0 Å². The molecule has 0 saturated carbocycles. The van der Waals surface area contributed by atoms with E-state index in [9.17, 15) is 13.2 Å². The van der Waals surface area contributed by atoms with E-state index in [4.69, 9.17) is 14.6 Å². The maximum Gasteiger partial charge on any atom is 0.339 e. The number of hydrogen-bond donors (Lipinski definition) is 3. The van der Waals surface area contributed by atoms with Crippen molar-refractivity contribution in [2.75, 3.05) is 12.1 Å². The number of nitrogens with zero attached hydrogens (tertiary/aromatic N) is 1. The molecular formula is C16H16N4O5S. The highest BCUT2D eigenvalue weighted by molar-refractivity contribution is 7.89. The van der Waals surface area contributed by atoms with Gasteiger partial charge in [0.15, 0.2) is 11.5 Å². The maximum atomic E-state index is 11.9. The van der Waals surface area contributed by atoms with Gasteiger partial charge in [-0.05, 0) is 49.4 Å². The van der Waals surface area contributed by atoms with Gasteiger partial charge in [-0.25, -0.2) is 23.8 Å². The van der Waals surface area contributed by atoms with Crippen molar-refractivity contribution in [2.45, 2.75) is 11.8 Å². The summed E-state index contributed by atoms with van der Waals surface area (Å²) in [5, 5.41) is 11.6. The number of sulfonamides is 1. The van der Waals surface area contributed by atoms with Crippen molar-refractivity contribution in [3.63, 3.8) is 0 Å². The lowest BCUT2D eigenvalue weighted by Crippen LogP contribution is -2.25. The van der Waals surface area contributed by atoms with Crippen LogP contribution in [0.2, 0.25) is 0 Å². The van der Waals surface area contributed by atoms with Crippen LogP contribution >= 0.6 is 0 Å². The SMILES string of the molecule is C/C(=N\NC(=O)Nc1ccc(S(N)(=O)=O)cc1)c1ccc2c(c1)OCO2. The average Bonchev–Trinajstić information content (AvgIpc) is 3.07. The predicted molar refractivity (Wildman–Crippen MR) is 94.7 cm³/mol. The minimum atomic E-state index is -3.77. The molecule has 136 valence electrons. The van der Waals surface area contributed by atoms with E-state index in [1.54, 1.807) is 25.1 Å². The first-order chi connectivity index (χ1) is 12.3. The molecule has 0 saturated heterocycles.